The molecule has 0 saturated carbocycles. The summed E-state index contributed by atoms with van der Waals surface area (Å²) in [7, 11) is 0. The van der Waals surface area contributed by atoms with Gasteiger partial charge >= 0.3 is 0 Å². The van der Waals surface area contributed by atoms with Crippen molar-refractivity contribution in [3.8, 4) is 5.75 Å². The molecule has 0 saturated heterocycles. The fraction of sp³-hybridized carbons (Fsp3) is 0.583. The topological polar surface area (TPSA) is 48.1 Å². The summed E-state index contributed by atoms with van der Waals surface area (Å²) in [6.07, 6.45) is 6.76. The van der Waals surface area contributed by atoms with Crippen molar-refractivity contribution in [3.63, 3.8) is 0 Å². The molecule has 0 radical (unpaired) electrons. The molecule has 1 aromatic heterocycles. The molecule has 3 nitrogen and oxygen atoms in total. The van der Waals surface area contributed by atoms with Crippen LogP contribution < -0.4 is 10.5 Å². The maximum atomic E-state index is 6.07. The van der Waals surface area contributed by atoms with Crippen LogP contribution in [-0.4, -0.2) is 23.1 Å². The normalized spacial score (nSPS) is 12.8. The zero-order chi connectivity index (χ0) is 12.0. The molecule has 2 N–H and O–H groups in total. The number of pyridine rings is 1. The van der Waals surface area contributed by atoms with E-state index in [4.69, 9.17) is 10.5 Å². The van der Waals surface area contributed by atoms with Crippen LogP contribution in [0.4, 0.5) is 0 Å². The highest BCUT2D eigenvalue weighted by Gasteiger charge is 2.07. The van der Waals surface area contributed by atoms with E-state index in [-0.39, 0.29) is 12.1 Å². The van der Waals surface area contributed by atoms with Gasteiger partial charge in [-0.15, -0.1) is 0 Å². The molecule has 0 aliphatic heterocycles. The maximum Gasteiger partial charge on any atom is 0.138 e. The Kier molecular flexibility index (Phi) is 5.63. The Hall–Kier alpha value is -0.740. The number of ether oxygens (including phenoxy) is 1. The van der Waals surface area contributed by atoms with E-state index in [1.807, 2.05) is 37.9 Å². The molecule has 0 aliphatic carbocycles. The monoisotopic (exact) mass is 240 g/mol. The molecular formula is C12H20N2OS. The second kappa shape index (κ2) is 6.76. The molecular weight excluding hydrogens is 220 g/mol. The SMILES string of the molecule is CSCCC(N)c1cncc(OC(C)C)c1. The van der Waals surface area contributed by atoms with Crippen LogP contribution in [0, 0.1) is 0 Å². The average molecular weight is 240 g/mol. The zero-order valence-electron chi connectivity index (χ0n) is 10.1. The molecule has 0 amide bonds. The first-order valence-electron chi connectivity index (χ1n) is 5.49. The quantitative estimate of drug-likeness (QED) is 0.830. The minimum absolute atomic E-state index is 0.0515. The van der Waals surface area contributed by atoms with E-state index < -0.39 is 0 Å². The molecule has 4 heteroatoms. The van der Waals surface area contributed by atoms with Gasteiger partial charge < -0.3 is 10.5 Å². The molecule has 1 atom stereocenters. The van der Waals surface area contributed by atoms with Crippen molar-refractivity contribution in [1.82, 2.24) is 4.98 Å². The second-order valence-corrected chi connectivity index (χ2v) is 4.99. The molecule has 0 bridgehead atoms. The third-order valence-corrected chi connectivity index (χ3v) is 2.81. The van der Waals surface area contributed by atoms with Gasteiger partial charge in [0.15, 0.2) is 0 Å². The fourth-order valence-corrected chi connectivity index (χ4v) is 1.88. The van der Waals surface area contributed by atoms with Crippen molar-refractivity contribution < 1.29 is 4.74 Å². The van der Waals surface area contributed by atoms with E-state index in [9.17, 15) is 0 Å². The average Bonchev–Trinajstić information content (AvgIpc) is 2.25. The zero-order valence-corrected chi connectivity index (χ0v) is 11.0. The van der Waals surface area contributed by atoms with Crippen molar-refractivity contribution in [2.75, 3.05) is 12.0 Å². The number of hydrogen-bond acceptors (Lipinski definition) is 4. The predicted octanol–water partition coefficient (Wildman–Crippen LogP) is 2.62. The van der Waals surface area contributed by atoms with Gasteiger partial charge in [-0.25, -0.2) is 0 Å². The van der Waals surface area contributed by atoms with Crippen LogP contribution in [0.5, 0.6) is 5.75 Å². The van der Waals surface area contributed by atoms with E-state index in [0.29, 0.717) is 0 Å². The number of nitrogens with zero attached hydrogens (tertiary/aromatic N) is 1. The largest absolute Gasteiger partial charge is 0.489 e. The van der Waals surface area contributed by atoms with Crippen LogP contribution in [-0.2, 0) is 0 Å². The van der Waals surface area contributed by atoms with Crippen molar-refractivity contribution in [1.29, 1.82) is 0 Å². The van der Waals surface area contributed by atoms with Crippen molar-refractivity contribution in [2.45, 2.75) is 32.4 Å². The molecule has 1 unspecified atom stereocenters. The third kappa shape index (κ3) is 4.41. The standard InChI is InChI=1S/C12H20N2OS/c1-9(2)15-11-6-10(7-14-8-11)12(13)4-5-16-3/h6-9,12H,4-5,13H2,1-3H3. The van der Waals surface area contributed by atoms with Gasteiger partial charge in [0, 0.05) is 12.2 Å². The lowest BCUT2D eigenvalue weighted by Gasteiger charge is -2.14. The van der Waals surface area contributed by atoms with Crippen LogP contribution in [0.15, 0.2) is 18.5 Å². The van der Waals surface area contributed by atoms with Gasteiger partial charge in [0.25, 0.3) is 0 Å². The Morgan fingerprint density at radius 1 is 1.44 bits per heavy atom. The summed E-state index contributed by atoms with van der Waals surface area (Å²) < 4.78 is 5.59. The summed E-state index contributed by atoms with van der Waals surface area (Å²) in [6.45, 7) is 4.00. The Morgan fingerprint density at radius 3 is 2.81 bits per heavy atom. The molecule has 0 aromatic carbocycles. The minimum Gasteiger partial charge on any atom is -0.489 e. The summed E-state index contributed by atoms with van der Waals surface area (Å²) in [5.74, 6) is 1.86. The third-order valence-electron chi connectivity index (χ3n) is 2.17. The fourth-order valence-electron chi connectivity index (χ4n) is 1.39. The lowest BCUT2D eigenvalue weighted by Crippen LogP contribution is -2.12. The molecule has 0 spiro atoms. The Balaban J connectivity index is 2.65. The van der Waals surface area contributed by atoms with Crippen LogP contribution in [0.2, 0.25) is 0 Å². The van der Waals surface area contributed by atoms with E-state index >= 15 is 0 Å². The molecule has 1 rings (SSSR count). The molecule has 1 aromatic rings. The van der Waals surface area contributed by atoms with Crippen LogP contribution in [0.25, 0.3) is 0 Å². The van der Waals surface area contributed by atoms with Gasteiger partial charge in [-0.2, -0.15) is 11.8 Å². The van der Waals surface area contributed by atoms with Crippen LogP contribution in [0.3, 0.4) is 0 Å². The van der Waals surface area contributed by atoms with Crippen LogP contribution in [0.1, 0.15) is 31.9 Å². The number of rotatable bonds is 6. The predicted molar refractivity (Wildman–Crippen MR) is 69.9 cm³/mol. The van der Waals surface area contributed by atoms with Gasteiger partial charge in [-0.05, 0) is 43.9 Å². The van der Waals surface area contributed by atoms with Gasteiger partial charge in [0.2, 0.25) is 0 Å². The maximum absolute atomic E-state index is 6.07. The van der Waals surface area contributed by atoms with E-state index in [2.05, 4.69) is 11.2 Å². The summed E-state index contributed by atoms with van der Waals surface area (Å²) in [4.78, 5) is 4.16. The number of aromatic nitrogens is 1. The first-order chi connectivity index (χ1) is 7.63. The number of hydrogen-bond donors (Lipinski definition) is 1. The highest BCUT2D eigenvalue weighted by atomic mass is 32.2. The molecule has 16 heavy (non-hydrogen) atoms. The van der Waals surface area contributed by atoms with E-state index in [1.54, 1.807) is 6.20 Å². The summed E-state index contributed by atoms with van der Waals surface area (Å²) in [5, 5.41) is 0. The van der Waals surface area contributed by atoms with E-state index in [0.717, 1.165) is 23.5 Å². The van der Waals surface area contributed by atoms with Crippen molar-refractivity contribution in [3.05, 3.63) is 24.0 Å². The lowest BCUT2D eigenvalue weighted by molar-refractivity contribution is 0.241. The first-order valence-corrected chi connectivity index (χ1v) is 6.89. The molecule has 1 heterocycles. The summed E-state index contributed by atoms with van der Waals surface area (Å²) >= 11 is 1.81. The number of thioether (sulfide) groups is 1. The molecule has 90 valence electrons. The smallest absolute Gasteiger partial charge is 0.138 e. The lowest BCUT2D eigenvalue weighted by atomic mass is 10.1. The highest BCUT2D eigenvalue weighted by Crippen LogP contribution is 2.20. The Bertz CT molecular complexity index is 318. The van der Waals surface area contributed by atoms with Crippen molar-refractivity contribution >= 4 is 11.8 Å². The van der Waals surface area contributed by atoms with Gasteiger partial charge in [-0.3, -0.25) is 4.98 Å². The Morgan fingerprint density at radius 2 is 2.19 bits per heavy atom. The van der Waals surface area contributed by atoms with Gasteiger partial charge in [0.05, 0.1) is 12.3 Å². The van der Waals surface area contributed by atoms with Crippen molar-refractivity contribution in [2.24, 2.45) is 5.73 Å². The molecule has 0 aliphatic rings. The highest BCUT2D eigenvalue weighted by molar-refractivity contribution is 7.98. The molecule has 0 fully saturated rings. The summed E-state index contributed by atoms with van der Waals surface area (Å²) in [5.41, 5.74) is 7.12. The summed E-state index contributed by atoms with van der Waals surface area (Å²) in [6, 6.07) is 2.04. The first kappa shape index (κ1) is 13.3. The van der Waals surface area contributed by atoms with Gasteiger partial charge in [0.1, 0.15) is 5.75 Å². The van der Waals surface area contributed by atoms with Crippen LogP contribution >= 0.6 is 11.8 Å². The second-order valence-electron chi connectivity index (χ2n) is 4.01. The van der Waals surface area contributed by atoms with Gasteiger partial charge in [-0.1, -0.05) is 0 Å². The number of nitrogens with two attached hydrogens (primary N) is 1. The Labute approximate surface area is 102 Å². The van der Waals surface area contributed by atoms with E-state index in [1.165, 1.54) is 0 Å². The minimum atomic E-state index is 0.0515.